The second-order valence-corrected chi connectivity index (χ2v) is 5.91. The number of carbonyl (C=O) groups is 1. The van der Waals surface area contributed by atoms with E-state index < -0.39 is 0 Å². The van der Waals surface area contributed by atoms with Crippen molar-refractivity contribution in [2.45, 2.75) is 44.9 Å². The summed E-state index contributed by atoms with van der Waals surface area (Å²) in [7, 11) is 0. The smallest absolute Gasteiger partial charge is 0.220 e. The summed E-state index contributed by atoms with van der Waals surface area (Å²) in [5.74, 6) is 0.582. The van der Waals surface area contributed by atoms with Gasteiger partial charge in [0.05, 0.1) is 0 Å². The van der Waals surface area contributed by atoms with Crippen LogP contribution in [0.2, 0.25) is 0 Å². The van der Waals surface area contributed by atoms with Crippen LogP contribution in [-0.4, -0.2) is 12.5 Å². The van der Waals surface area contributed by atoms with E-state index in [4.69, 9.17) is 0 Å². The van der Waals surface area contributed by atoms with Crippen molar-refractivity contribution >= 4 is 5.91 Å². The Morgan fingerprint density at radius 1 is 1.18 bits per heavy atom. The van der Waals surface area contributed by atoms with Crippen molar-refractivity contribution in [3.8, 4) is 0 Å². The van der Waals surface area contributed by atoms with E-state index in [0.29, 0.717) is 12.3 Å². The summed E-state index contributed by atoms with van der Waals surface area (Å²) < 4.78 is 0. The van der Waals surface area contributed by atoms with Crippen molar-refractivity contribution in [2.24, 2.45) is 0 Å². The molecule has 1 saturated heterocycles. The van der Waals surface area contributed by atoms with Gasteiger partial charge in [-0.05, 0) is 28.9 Å². The van der Waals surface area contributed by atoms with Crippen LogP contribution in [0.3, 0.4) is 0 Å². The molecule has 1 atom stereocenters. The van der Waals surface area contributed by atoms with Crippen LogP contribution in [0.4, 0.5) is 0 Å². The van der Waals surface area contributed by atoms with Gasteiger partial charge in [-0.2, -0.15) is 0 Å². The first kappa shape index (κ1) is 12.2. The molecule has 92 valence electrons. The fourth-order valence-electron chi connectivity index (χ4n) is 2.32. The topological polar surface area (TPSA) is 29.1 Å². The predicted molar refractivity (Wildman–Crippen MR) is 70.1 cm³/mol. The number of amides is 1. The lowest BCUT2D eigenvalue weighted by atomic mass is 9.84. The Balaban J connectivity index is 2.15. The molecule has 0 saturated carbocycles. The summed E-state index contributed by atoms with van der Waals surface area (Å²) in [5, 5.41) is 2.88. The van der Waals surface area contributed by atoms with Crippen LogP contribution in [0, 0.1) is 0 Å². The Hall–Kier alpha value is -1.31. The Labute approximate surface area is 103 Å². The second kappa shape index (κ2) is 4.52. The molecule has 1 amide bonds. The zero-order valence-electron chi connectivity index (χ0n) is 10.9. The molecule has 1 aromatic rings. The van der Waals surface area contributed by atoms with Crippen molar-refractivity contribution in [3.05, 3.63) is 35.4 Å². The van der Waals surface area contributed by atoms with Gasteiger partial charge < -0.3 is 5.32 Å². The number of carbonyl (C=O) groups excluding carboxylic acids is 1. The third-order valence-electron chi connectivity index (χ3n) is 3.49. The molecule has 1 fully saturated rings. The molecule has 0 aromatic heterocycles. The van der Waals surface area contributed by atoms with Gasteiger partial charge in [-0.15, -0.1) is 0 Å². The molecule has 1 aromatic carbocycles. The monoisotopic (exact) mass is 231 g/mol. The fourth-order valence-corrected chi connectivity index (χ4v) is 2.32. The summed E-state index contributed by atoms with van der Waals surface area (Å²) in [6.07, 6.45) is 1.69. The van der Waals surface area contributed by atoms with E-state index in [2.05, 4.69) is 50.4 Å². The Morgan fingerprint density at radius 3 is 2.35 bits per heavy atom. The minimum atomic E-state index is 0.182. The highest BCUT2D eigenvalue weighted by Gasteiger charge is 2.21. The first-order valence-electron chi connectivity index (χ1n) is 6.34. The minimum Gasteiger partial charge on any atom is -0.356 e. The first-order valence-corrected chi connectivity index (χ1v) is 6.34. The number of hydrogen-bond acceptors (Lipinski definition) is 1. The van der Waals surface area contributed by atoms with Crippen LogP contribution < -0.4 is 5.32 Å². The highest BCUT2D eigenvalue weighted by Crippen LogP contribution is 2.28. The van der Waals surface area contributed by atoms with Crippen molar-refractivity contribution in [3.63, 3.8) is 0 Å². The standard InChI is InChI=1S/C15H21NO/c1-15(2,3)13-6-4-11(5-7-13)12-8-9-16-14(17)10-12/h4-7,12H,8-10H2,1-3H3,(H,16,17)/t12-/m0/s1. The summed E-state index contributed by atoms with van der Waals surface area (Å²) in [6.45, 7) is 7.46. The number of benzene rings is 1. The Morgan fingerprint density at radius 2 is 1.82 bits per heavy atom. The molecular formula is C15H21NO. The van der Waals surface area contributed by atoms with Crippen LogP contribution in [0.1, 0.15) is 50.7 Å². The van der Waals surface area contributed by atoms with E-state index in [0.717, 1.165) is 13.0 Å². The summed E-state index contributed by atoms with van der Waals surface area (Å²) in [6, 6.07) is 8.76. The van der Waals surface area contributed by atoms with Crippen molar-refractivity contribution in [1.82, 2.24) is 5.32 Å². The van der Waals surface area contributed by atoms with E-state index in [1.165, 1.54) is 11.1 Å². The molecule has 1 heterocycles. The maximum absolute atomic E-state index is 11.4. The van der Waals surface area contributed by atoms with Crippen LogP contribution in [0.5, 0.6) is 0 Å². The highest BCUT2D eigenvalue weighted by molar-refractivity contribution is 5.77. The fraction of sp³-hybridized carbons (Fsp3) is 0.533. The van der Waals surface area contributed by atoms with Gasteiger partial charge in [0.1, 0.15) is 0 Å². The summed E-state index contributed by atoms with van der Waals surface area (Å²) >= 11 is 0. The molecular weight excluding hydrogens is 210 g/mol. The average molecular weight is 231 g/mol. The molecule has 0 radical (unpaired) electrons. The maximum atomic E-state index is 11.4. The molecule has 0 aliphatic carbocycles. The number of nitrogens with one attached hydrogen (secondary N) is 1. The normalized spacial score (nSPS) is 21.1. The molecule has 2 heteroatoms. The van der Waals surface area contributed by atoms with Gasteiger partial charge >= 0.3 is 0 Å². The lowest BCUT2D eigenvalue weighted by Crippen LogP contribution is -2.32. The highest BCUT2D eigenvalue weighted by atomic mass is 16.1. The summed E-state index contributed by atoms with van der Waals surface area (Å²) in [4.78, 5) is 11.4. The van der Waals surface area contributed by atoms with Crippen LogP contribution in [-0.2, 0) is 10.2 Å². The van der Waals surface area contributed by atoms with Crippen molar-refractivity contribution in [2.75, 3.05) is 6.54 Å². The van der Waals surface area contributed by atoms with Crippen molar-refractivity contribution in [1.29, 1.82) is 0 Å². The van der Waals surface area contributed by atoms with E-state index in [1.807, 2.05) is 0 Å². The molecule has 0 bridgehead atoms. The third kappa shape index (κ3) is 2.87. The van der Waals surface area contributed by atoms with Gasteiger partial charge in [0.25, 0.3) is 0 Å². The molecule has 1 N–H and O–H groups in total. The second-order valence-electron chi connectivity index (χ2n) is 5.91. The molecule has 0 spiro atoms. The number of piperidine rings is 1. The van der Waals surface area contributed by atoms with Crippen LogP contribution >= 0.6 is 0 Å². The molecule has 17 heavy (non-hydrogen) atoms. The van der Waals surface area contributed by atoms with Gasteiger partial charge in [0.15, 0.2) is 0 Å². The van der Waals surface area contributed by atoms with E-state index >= 15 is 0 Å². The number of rotatable bonds is 1. The molecule has 2 rings (SSSR count). The van der Waals surface area contributed by atoms with Gasteiger partial charge in [0, 0.05) is 13.0 Å². The summed E-state index contributed by atoms with van der Waals surface area (Å²) in [5.41, 5.74) is 2.84. The third-order valence-corrected chi connectivity index (χ3v) is 3.49. The van der Waals surface area contributed by atoms with E-state index in [-0.39, 0.29) is 11.3 Å². The average Bonchev–Trinajstić information content (AvgIpc) is 2.28. The van der Waals surface area contributed by atoms with Crippen LogP contribution in [0.15, 0.2) is 24.3 Å². The quantitative estimate of drug-likeness (QED) is 0.791. The molecule has 0 unspecified atom stereocenters. The Bertz CT molecular complexity index is 400. The SMILES string of the molecule is CC(C)(C)c1ccc([C@H]2CCNC(=O)C2)cc1. The van der Waals surface area contributed by atoms with Gasteiger partial charge in [-0.3, -0.25) is 4.79 Å². The van der Waals surface area contributed by atoms with Gasteiger partial charge in [0.2, 0.25) is 5.91 Å². The van der Waals surface area contributed by atoms with E-state index in [1.54, 1.807) is 0 Å². The molecule has 1 aliphatic rings. The van der Waals surface area contributed by atoms with Gasteiger partial charge in [-0.25, -0.2) is 0 Å². The zero-order valence-corrected chi connectivity index (χ0v) is 10.9. The lowest BCUT2D eigenvalue weighted by Gasteiger charge is -2.24. The van der Waals surface area contributed by atoms with Crippen molar-refractivity contribution < 1.29 is 4.79 Å². The van der Waals surface area contributed by atoms with E-state index in [9.17, 15) is 4.79 Å². The van der Waals surface area contributed by atoms with Gasteiger partial charge in [-0.1, -0.05) is 45.0 Å². The number of hydrogen-bond donors (Lipinski definition) is 1. The predicted octanol–water partition coefficient (Wildman–Crippen LogP) is 2.98. The molecule has 2 nitrogen and oxygen atoms in total. The Kier molecular flexibility index (Phi) is 3.23. The largest absolute Gasteiger partial charge is 0.356 e. The van der Waals surface area contributed by atoms with Crippen LogP contribution in [0.25, 0.3) is 0 Å². The zero-order chi connectivity index (χ0) is 12.5. The first-order chi connectivity index (χ1) is 7.97. The molecule has 1 aliphatic heterocycles. The lowest BCUT2D eigenvalue weighted by molar-refractivity contribution is -0.122. The maximum Gasteiger partial charge on any atom is 0.220 e. The minimum absolute atomic E-state index is 0.182.